The first kappa shape index (κ1) is 30.4. The summed E-state index contributed by atoms with van der Waals surface area (Å²) in [5.74, 6) is 0.527. The van der Waals surface area contributed by atoms with Gasteiger partial charge in [-0.15, -0.1) is 0 Å². The number of aryl methyl sites for hydroxylation is 2. The van der Waals surface area contributed by atoms with Crippen molar-refractivity contribution in [2.45, 2.75) is 71.6 Å². The monoisotopic (exact) mass is 550 g/mol. The molecule has 3 aromatic rings. The van der Waals surface area contributed by atoms with Crippen molar-refractivity contribution in [2.75, 3.05) is 13.2 Å². The van der Waals surface area contributed by atoms with E-state index >= 15 is 0 Å². The van der Waals surface area contributed by atoms with Crippen LogP contribution in [0.25, 0.3) is 0 Å². The molecule has 0 aliphatic heterocycles. The topological polar surface area (TPSA) is 96.2 Å². The lowest BCUT2D eigenvalue weighted by molar-refractivity contribution is -0.137. The first-order valence-electron chi connectivity index (χ1n) is 13.7. The predicted molar refractivity (Wildman–Crippen MR) is 159 cm³/mol. The molecule has 2 atom stereocenters. The van der Waals surface area contributed by atoms with E-state index in [1.807, 2.05) is 45.9 Å². The molecule has 0 aromatic heterocycles. The summed E-state index contributed by atoms with van der Waals surface area (Å²) in [7, 11) is -2.40. The third-order valence-corrected chi connectivity index (χ3v) is 12.2. The van der Waals surface area contributed by atoms with Gasteiger partial charge in [0.25, 0.3) is 0 Å². The number of aliphatic hydroxyl groups is 2. The fourth-order valence-corrected chi connectivity index (χ4v) is 8.44. The van der Waals surface area contributed by atoms with Gasteiger partial charge < -0.3 is 24.8 Å². The maximum absolute atomic E-state index is 10.8. The first-order chi connectivity index (χ1) is 18.5. The molecule has 3 rings (SSSR count). The van der Waals surface area contributed by atoms with Crippen molar-refractivity contribution in [2.24, 2.45) is 0 Å². The van der Waals surface area contributed by atoms with Crippen molar-refractivity contribution in [3.8, 4) is 11.5 Å². The number of hydrogen-bond acceptors (Lipinski definition) is 5. The normalized spacial score (nSPS) is 13.9. The molecule has 0 saturated carbocycles. The van der Waals surface area contributed by atoms with Crippen molar-refractivity contribution in [1.29, 1.82) is 0 Å². The second-order valence-corrected chi connectivity index (χ2v) is 14.6. The Kier molecular flexibility index (Phi) is 10.4. The molecule has 0 aliphatic rings. The summed E-state index contributed by atoms with van der Waals surface area (Å²) in [5, 5.41) is 33.3. The van der Waals surface area contributed by atoms with Crippen LogP contribution in [0.15, 0.2) is 66.7 Å². The molecule has 0 aliphatic carbocycles. The third kappa shape index (κ3) is 7.50. The zero-order valence-corrected chi connectivity index (χ0v) is 24.7. The van der Waals surface area contributed by atoms with Gasteiger partial charge in [0.05, 0.1) is 11.7 Å². The fraction of sp³-hybridized carbons (Fsp3) is 0.406. The van der Waals surface area contributed by atoms with Gasteiger partial charge in [-0.3, -0.25) is 4.79 Å². The largest absolute Gasteiger partial charge is 0.491 e. The Labute approximate surface area is 233 Å². The molecule has 0 bridgehead atoms. The van der Waals surface area contributed by atoms with Gasteiger partial charge in [0, 0.05) is 6.42 Å². The van der Waals surface area contributed by atoms with Crippen molar-refractivity contribution in [1.82, 2.24) is 0 Å². The van der Waals surface area contributed by atoms with Crippen LogP contribution in [0, 0.1) is 13.8 Å². The van der Waals surface area contributed by atoms with Gasteiger partial charge in [0.2, 0.25) is 0 Å². The number of carboxylic acids is 1. The van der Waals surface area contributed by atoms with Crippen molar-refractivity contribution >= 4 is 29.6 Å². The lowest BCUT2D eigenvalue weighted by atomic mass is 9.99. The smallest absolute Gasteiger partial charge is 0.303 e. The van der Waals surface area contributed by atoms with Gasteiger partial charge in [-0.1, -0.05) is 75.0 Å². The summed E-state index contributed by atoms with van der Waals surface area (Å²) in [5.41, 5.74) is 1.16. The second kappa shape index (κ2) is 13.3. The maximum atomic E-state index is 10.8. The van der Waals surface area contributed by atoms with E-state index in [0.29, 0.717) is 18.6 Å². The maximum Gasteiger partial charge on any atom is 0.303 e. The van der Waals surface area contributed by atoms with Gasteiger partial charge in [-0.05, 0) is 71.9 Å². The lowest BCUT2D eigenvalue weighted by Gasteiger charge is -2.31. The highest BCUT2D eigenvalue weighted by Crippen LogP contribution is 2.23. The van der Waals surface area contributed by atoms with Crippen molar-refractivity contribution < 1.29 is 29.6 Å². The molecular formula is C32H42O6Si. The number of aliphatic carboxylic acids is 1. The Hall–Kier alpha value is -3.13. The number of rotatable bonds is 14. The number of carboxylic acid groups (broad SMARTS) is 1. The van der Waals surface area contributed by atoms with E-state index in [1.54, 1.807) is 0 Å². The average Bonchev–Trinajstić information content (AvgIpc) is 2.94. The van der Waals surface area contributed by atoms with E-state index < -0.39 is 25.7 Å². The van der Waals surface area contributed by atoms with Crippen LogP contribution in [-0.2, 0) is 4.79 Å². The third-order valence-electron chi connectivity index (χ3n) is 7.79. The Morgan fingerprint density at radius 1 is 0.872 bits per heavy atom. The Balaban J connectivity index is 1.92. The molecule has 7 heteroatoms. The summed E-state index contributed by atoms with van der Waals surface area (Å²) in [6, 6.07) is 23.2. The highest BCUT2D eigenvalue weighted by Gasteiger charge is 2.35. The van der Waals surface area contributed by atoms with E-state index in [4.69, 9.17) is 14.6 Å². The first-order valence-corrected chi connectivity index (χ1v) is 16.2. The van der Waals surface area contributed by atoms with Crippen LogP contribution in [-0.4, -0.2) is 54.3 Å². The fourth-order valence-electron chi connectivity index (χ4n) is 4.74. The summed E-state index contributed by atoms with van der Waals surface area (Å²) in [4.78, 5) is 10.8. The highest BCUT2D eigenvalue weighted by molar-refractivity contribution is 7.10. The SMILES string of the molecule is CCC(O)(CC)COc1ccc([Si@](C)(c2ccccc2)c2ccc(OC[C@@H](O)CCC(=O)O)c(C)c2)cc1C. The molecule has 0 spiro atoms. The van der Waals surface area contributed by atoms with Gasteiger partial charge >= 0.3 is 5.97 Å². The standard InChI is InChI=1S/C32H42O6Si/c1-6-32(36,7-2)22-38-30-17-15-28(20-24(30)4)39(5,26-11-9-8-10-12-26)27-14-16-29(23(3)19-27)37-21-25(33)13-18-31(34)35/h8-12,14-17,19-20,25,33,36H,6-7,13,18,21-22H2,1-5H3,(H,34,35)/t25-,39+/m0/s1. The van der Waals surface area contributed by atoms with Gasteiger partial charge in [-0.25, -0.2) is 0 Å². The van der Waals surface area contributed by atoms with E-state index in [1.165, 1.54) is 15.6 Å². The molecule has 210 valence electrons. The molecule has 39 heavy (non-hydrogen) atoms. The van der Waals surface area contributed by atoms with Crippen molar-refractivity contribution in [3.63, 3.8) is 0 Å². The van der Waals surface area contributed by atoms with E-state index in [9.17, 15) is 15.0 Å². The van der Waals surface area contributed by atoms with Gasteiger partial charge in [0.1, 0.15) is 32.8 Å². The lowest BCUT2D eigenvalue weighted by Crippen LogP contribution is -2.64. The highest BCUT2D eigenvalue weighted by atomic mass is 28.3. The minimum atomic E-state index is -2.40. The van der Waals surface area contributed by atoms with Crippen LogP contribution < -0.4 is 25.0 Å². The summed E-state index contributed by atoms with van der Waals surface area (Å²) >= 11 is 0. The van der Waals surface area contributed by atoms with E-state index in [0.717, 1.165) is 16.9 Å². The van der Waals surface area contributed by atoms with Gasteiger partial charge in [-0.2, -0.15) is 0 Å². The van der Waals surface area contributed by atoms with Crippen LogP contribution in [0.2, 0.25) is 6.55 Å². The zero-order valence-electron chi connectivity index (χ0n) is 23.7. The molecular weight excluding hydrogens is 508 g/mol. The minimum absolute atomic E-state index is 0.0483. The summed E-state index contributed by atoms with van der Waals surface area (Å²) in [6.07, 6.45) is 0.504. The molecule has 0 saturated heterocycles. The quantitative estimate of drug-likeness (QED) is 0.208. The van der Waals surface area contributed by atoms with Crippen LogP contribution in [0.5, 0.6) is 11.5 Å². The van der Waals surface area contributed by atoms with Crippen LogP contribution in [0.1, 0.15) is 50.7 Å². The predicted octanol–water partition coefficient (Wildman–Crippen LogP) is 3.94. The second-order valence-electron chi connectivity index (χ2n) is 10.6. The number of ether oxygens (including phenoxy) is 2. The van der Waals surface area contributed by atoms with E-state index in [2.05, 4.69) is 55.1 Å². The molecule has 0 heterocycles. The Bertz CT molecular complexity index is 1240. The molecule has 3 N–H and O–H groups in total. The van der Waals surface area contributed by atoms with E-state index in [-0.39, 0.29) is 26.1 Å². The molecule has 0 fully saturated rings. The molecule has 6 nitrogen and oxygen atoms in total. The zero-order chi connectivity index (χ0) is 28.6. The van der Waals surface area contributed by atoms with Crippen molar-refractivity contribution in [3.05, 3.63) is 77.9 Å². The van der Waals surface area contributed by atoms with Crippen LogP contribution >= 0.6 is 0 Å². The van der Waals surface area contributed by atoms with Crippen LogP contribution in [0.4, 0.5) is 0 Å². The summed E-state index contributed by atoms with van der Waals surface area (Å²) < 4.78 is 11.9. The summed E-state index contributed by atoms with van der Waals surface area (Å²) in [6.45, 7) is 10.6. The molecule has 0 amide bonds. The average molecular weight is 551 g/mol. The molecule has 0 unspecified atom stereocenters. The Morgan fingerprint density at radius 3 is 1.90 bits per heavy atom. The number of carbonyl (C=O) groups is 1. The molecule has 0 radical (unpaired) electrons. The minimum Gasteiger partial charge on any atom is -0.491 e. The number of benzene rings is 3. The Morgan fingerprint density at radius 2 is 1.41 bits per heavy atom. The number of aliphatic hydroxyl groups excluding tert-OH is 1. The molecule has 3 aromatic carbocycles. The van der Waals surface area contributed by atoms with Crippen LogP contribution in [0.3, 0.4) is 0 Å². The van der Waals surface area contributed by atoms with Gasteiger partial charge in [0.15, 0.2) is 0 Å². The number of hydrogen-bond donors (Lipinski definition) is 3.